The summed E-state index contributed by atoms with van der Waals surface area (Å²) in [6, 6.07) is 4.49. The summed E-state index contributed by atoms with van der Waals surface area (Å²) in [5.74, 6) is -0.419. The molecule has 0 aliphatic carbocycles. The Labute approximate surface area is 143 Å². The molecule has 2 aromatic rings. The average molecular weight is 363 g/mol. The second kappa shape index (κ2) is 8.16. The quantitative estimate of drug-likeness (QED) is 0.859. The van der Waals surface area contributed by atoms with Crippen LogP contribution in [0.4, 0.5) is 13.2 Å². The minimum Gasteiger partial charge on any atom is -0.350 e. The van der Waals surface area contributed by atoms with Crippen LogP contribution in [0.5, 0.6) is 0 Å². The second-order valence-corrected chi connectivity index (χ2v) is 5.04. The van der Waals surface area contributed by atoms with Gasteiger partial charge in [-0.3, -0.25) is 9.48 Å². The molecule has 0 saturated heterocycles. The smallest absolute Gasteiger partial charge is 0.350 e. The monoisotopic (exact) mass is 362 g/mol. The summed E-state index contributed by atoms with van der Waals surface area (Å²) in [5.41, 5.74) is -0.0892. The van der Waals surface area contributed by atoms with Crippen LogP contribution >= 0.6 is 12.4 Å². The summed E-state index contributed by atoms with van der Waals surface area (Å²) < 4.78 is 40.3. The first-order valence-corrected chi connectivity index (χ1v) is 6.91. The molecule has 0 aliphatic heterocycles. The van der Waals surface area contributed by atoms with Gasteiger partial charge in [-0.2, -0.15) is 18.3 Å². The van der Waals surface area contributed by atoms with Gasteiger partial charge in [0.2, 0.25) is 5.91 Å². The summed E-state index contributed by atoms with van der Waals surface area (Å²) in [4.78, 5) is 12.2. The molecule has 132 valence electrons. The summed E-state index contributed by atoms with van der Waals surface area (Å²) in [5, 5.41) is 9.34. The fourth-order valence-corrected chi connectivity index (χ4v) is 2.27. The highest BCUT2D eigenvalue weighted by molar-refractivity contribution is 5.85. The van der Waals surface area contributed by atoms with E-state index in [-0.39, 0.29) is 24.5 Å². The van der Waals surface area contributed by atoms with E-state index >= 15 is 0 Å². The molecule has 0 fully saturated rings. The topological polar surface area (TPSA) is 59.0 Å². The number of nitrogens with zero attached hydrogens (tertiary/aromatic N) is 2. The van der Waals surface area contributed by atoms with E-state index in [0.29, 0.717) is 5.56 Å². The van der Waals surface area contributed by atoms with Gasteiger partial charge in [0, 0.05) is 25.4 Å². The van der Waals surface area contributed by atoms with Crippen LogP contribution in [0.15, 0.2) is 36.7 Å². The maximum absolute atomic E-state index is 12.9. The van der Waals surface area contributed by atoms with E-state index in [1.54, 1.807) is 25.0 Å². The molecule has 0 bridgehead atoms. The Morgan fingerprint density at radius 2 is 2.00 bits per heavy atom. The van der Waals surface area contributed by atoms with Gasteiger partial charge in [-0.15, -0.1) is 12.4 Å². The SMILES string of the molecule is CNC(C(=O)NCc1ccccc1C(F)(F)F)c1cnn(C)c1.Cl. The number of alkyl halides is 3. The van der Waals surface area contributed by atoms with Crippen LogP contribution < -0.4 is 10.6 Å². The molecule has 0 radical (unpaired) electrons. The number of aromatic nitrogens is 2. The number of carbonyl (C=O) groups excluding carboxylic acids is 1. The minimum absolute atomic E-state index is 0. The van der Waals surface area contributed by atoms with Crippen molar-refractivity contribution in [1.29, 1.82) is 0 Å². The van der Waals surface area contributed by atoms with E-state index in [2.05, 4.69) is 15.7 Å². The van der Waals surface area contributed by atoms with Crippen LogP contribution in [0.3, 0.4) is 0 Å². The Kier molecular flexibility index (Phi) is 6.80. The Hall–Kier alpha value is -2.06. The lowest BCUT2D eigenvalue weighted by atomic mass is 10.1. The predicted octanol–water partition coefficient (Wildman–Crippen LogP) is 2.44. The van der Waals surface area contributed by atoms with Crippen molar-refractivity contribution in [3.63, 3.8) is 0 Å². The minimum atomic E-state index is -4.45. The Morgan fingerprint density at radius 3 is 2.54 bits per heavy atom. The number of rotatable bonds is 5. The Morgan fingerprint density at radius 1 is 1.33 bits per heavy atom. The van der Waals surface area contributed by atoms with E-state index in [4.69, 9.17) is 0 Å². The average Bonchev–Trinajstić information content (AvgIpc) is 2.91. The highest BCUT2D eigenvalue weighted by Crippen LogP contribution is 2.31. The van der Waals surface area contributed by atoms with E-state index in [1.165, 1.54) is 24.4 Å². The van der Waals surface area contributed by atoms with Crippen molar-refractivity contribution in [2.24, 2.45) is 7.05 Å². The molecule has 9 heteroatoms. The van der Waals surface area contributed by atoms with Gasteiger partial charge in [0.25, 0.3) is 0 Å². The maximum atomic E-state index is 12.9. The third-order valence-electron chi connectivity index (χ3n) is 3.38. The van der Waals surface area contributed by atoms with Crippen molar-refractivity contribution in [3.8, 4) is 0 Å². The van der Waals surface area contributed by atoms with Gasteiger partial charge >= 0.3 is 6.18 Å². The lowest BCUT2D eigenvalue weighted by molar-refractivity contribution is -0.138. The van der Waals surface area contributed by atoms with Gasteiger partial charge in [0.15, 0.2) is 0 Å². The third kappa shape index (κ3) is 4.72. The van der Waals surface area contributed by atoms with Gasteiger partial charge in [-0.25, -0.2) is 0 Å². The number of hydrogen-bond donors (Lipinski definition) is 2. The van der Waals surface area contributed by atoms with E-state index in [0.717, 1.165) is 6.07 Å². The number of amides is 1. The molecule has 24 heavy (non-hydrogen) atoms. The Balaban J connectivity index is 0.00000288. The Bertz CT molecular complexity index is 687. The fourth-order valence-electron chi connectivity index (χ4n) is 2.27. The summed E-state index contributed by atoms with van der Waals surface area (Å²) in [6.45, 7) is -0.201. The van der Waals surface area contributed by atoms with Crippen LogP contribution in [-0.2, 0) is 24.6 Å². The lowest BCUT2D eigenvalue weighted by Crippen LogP contribution is -2.35. The van der Waals surface area contributed by atoms with Crippen molar-refractivity contribution in [3.05, 3.63) is 53.3 Å². The molecule has 5 nitrogen and oxygen atoms in total. The van der Waals surface area contributed by atoms with E-state index < -0.39 is 23.7 Å². The normalized spacial score (nSPS) is 12.4. The van der Waals surface area contributed by atoms with Crippen molar-refractivity contribution in [2.45, 2.75) is 18.8 Å². The molecule has 1 aromatic carbocycles. The van der Waals surface area contributed by atoms with Gasteiger partial charge in [0.05, 0.1) is 11.8 Å². The highest BCUT2D eigenvalue weighted by Gasteiger charge is 2.33. The van der Waals surface area contributed by atoms with Gasteiger partial charge < -0.3 is 10.6 Å². The zero-order chi connectivity index (χ0) is 17.0. The van der Waals surface area contributed by atoms with Crippen LogP contribution in [0.2, 0.25) is 0 Å². The molecule has 1 unspecified atom stereocenters. The molecule has 2 rings (SSSR count). The summed E-state index contributed by atoms with van der Waals surface area (Å²) in [7, 11) is 3.31. The molecule has 2 N–H and O–H groups in total. The number of nitrogens with one attached hydrogen (secondary N) is 2. The predicted molar refractivity (Wildman–Crippen MR) is 85.5 cm³/mol. The number of hydrogen-bond acceptors (Lipinski definition) is 3. The number of aryl methyl sites for hydroxylation is 1. The first-order valence-electron chi connectivity index (χ1n) is 6.91. The van der Waals surface area contributed by atoms with Crippen LogP contribution in [0.25, 0.3) is 0 Å². The number of halogens is 4. The molecular formula is C15H18ClF3N4O. The molecule has 0 saturated carbocycles. The van der Waals surface area contributed by atoms with Crippen molar-refractivity contribution >= 4 is 18.3 Å². The zero-order valence-corrected chi connectivity index (χ0v) is 13.9. The maximum Gasteiger partial charge on any atom is 0.416 e. The van der Waals surface area contributed by atoms with E-state index in [9.17, 15) is 18.0 Å². The van der Waals surface area contributed by atoms with Gasteiger partial charge in [-0.05, 0) is 18.7 Å². The lowest BCUT2D eigenvalue weighted by Gasteiger charge is -2.17. The second-order valence-electron chi connectivity index (χ2n) is 5.04. The fraction of sp³-hybridized carbons (Fsp3) is 0.333. The molecular weight excluding hydrogens is 345 g/mol. The third-order valence-corrected chi connectivity index (χ3v) is 3.38. The van der Waals surface area contributed by atoms with Crippen molar-refractivity contribution in [1.82, 2.24) is 20.4 Å². The molecule has 1 aromatic heterocycles. The number of likely N-dealkylation sites (N-methyl/N-ethyl adjacent to an activating group) is 1. The van der Waals surface area contributed by atoms with Gasteiger partial charge in [0.1, 0.15) is 6.04 Å². The molecule has 1 amide bonds. The standard InChI is InChI=1S/C15H17F3N4O.ClH/c1-19-13(11-8-21-22(2)9-11)14(23)20-7-10-5-3-4-6-12(10)15(16,17)18;/h3-6,8-9,13,19H,7H2,1-2H3,(H,20,23);1H. The van der Waals surface area contributed by atoms with Crippen molar-refractivity contribution < 1.29 is 18.0 Å². The zero-order valence-electron chi connectivity index (χ0n) is 13.1. The van der Waals surface area contributed by atoms with E-state index in [1.807, 2.05) is 0 Å². The number of carbonyl (C=O) groups is 1. The largest absolute Gasteiger partial charge is 0.416 e. The highest BCUT2D eigenvalue weighted by atomic mass is 35.5. The van der Waals surface area contributed by atoms with Crippen LogP contribution in [0.1, 0.15) is 22.7 Å². The van der Waals surface area contributed by atoms with Gasteiger partial charge in [-0.1, -0.05) is 18.2 Å². The molecule has 0 spiro atoms. The molecule has 0 aliphatic rings. The first kappa shape index (κ1) is 20.0. The van der Waals surface area contributed by atoms with Crippen LogP contribution in [0, 0.1) is 0 Å². The van der Waals surface area contributed by atoms with Crippen LogP contribution in [-0.4, -0.2) is 22.7 Å². The molecule has 1 atom stereocenters. The first-order chi connectivity index (χ1) is 10.8. The summed E-state index contributed by atoms with van der Waals surface area (Å²) in [6.07, 6.45) is -1.25. The summed E-state index contributed by atoms with van der Waals surface area (Å²) >= 11 is 0. The molecule has 1 heterocycles. The number of benzene rings is 1. The van der Waals surface area contributed by atoms with Crippen molar-refractivity contribution in [2.75, 3.05) is 7.05 Å².